The summed E-state index contributed by atoms with van der Waals surface area (Å²) in [6.45, 7) is 0. The summed E-state index contributed by atoms with van der Waals surface area (Å²) in [7, 11) is 1.24. The Morgan fingerprint density at radius 3 is 2.26 bits per heavy atom. The SMILES string of the molecule is COc1cc(/C=C2\C(=O)NC(=O)N(c3ccc(Br)cc3)C2=O)ccc1Oc1ccc(C(F)(F)F)cc1[N+](=O)[O-]. The van der Waals surface area contributed by atoms with Crippen LogP contribution in [-0.4, -0.2) is 29.9 Å². The number of nitrogens with one attached hydrogen (secondary N) is 1. The summed E-state index contributed by atoms with van der Waals surface area (Å²) >= 11 is 3.26. The summed E-state index contributed by atoms with van der Waals surface area (Å²) in [5, 5.41) is 13.5. The first kappa shape index (κ1) is 27.3. The zero-order chi connectivity index (χ0) is 28.5. The van der Waals surface area contributed by atoms with Crippen molar-refractivity contribution < 1.29 is 42.0 Å². The molecule has 14 heteroatoms. The third kappa shape index (κ3) is 5.75. The second kappa shape index (κ2) is 10.6. The number of halogens is 4. The smallest absolute Gasteiger partial charge is 0.416 e. The van der Waals surface area contributed by atoms with Gasteiger partial charge in [-0.15, -0.1) is 0 Å². The molecule has 0 bridgehead atoms. The van der Waals surface area contributed by atoms with Crippen molar-refractivity contribution in [3.63, 3.8) is 0 Å². The monoisotopic (exact) mass is 605 g/mol. The molecule has 3 aromatic carbocycles. The molecule has 1 fully saturated rings. The average Bonchev–Trinajstić information content (AvgIpc) is 2.87. The molecule has 0 unspecified atom stereocenters. The van der Waals surface area contributed by atoms with E-state index in [2.05, 4.69) is 21.2 Å². The number of rotatable bonds is 6. The molecule has 0 saturated carbocycles. The second-order valence-corrected chi connectivity index (χ2v) is 8.80. The molecule has 1 N–H and O–H groups in total. The first-order chi connectivity index (χ1) is 18.4. The first-order valence-electron chi connectivity index (χ1n) is 10.8. The highest BCUT2D eigenvalue weighted by Crippen LogP contribution is 2.40. The lowest BCUT2D eigenvalue weighted by molar-refractivity contribution is -0.385. The minimum atomic E-state index is -4.80. The summed E-state index contributed by atoms with van der Waals surface area (Å²) in [5.74, 6) is -2.39. The number of anilines is 1. The molecule has 3 aromatic rings. The van der Waals surface area contributed by atoms with Gasteiger partial charge in [-0.05, 0) is 60.2 Å². The van der Waals surface area contributed by atoms with Crippen LogP contribution in [0.15, 0.2) is 70.7 Å². The number of benzene rings is 3. The van der Waals surface area contributed by atoms with Crippen LogP contribution in [0.5, 0.6) is 17.2 Å². The number of imide groups is 2. The molecule has 0 radical (unpaired) electrons. The number of nitro groups is 1. The Bertz CT molecular complexity index is 1540. The van der Waals surface area contributed by atoms with Gasteiger partial charge in [0.15, 0.2) is 11.5 Å². The topological polar surface area (TPSA) is 128 Å². The molecule has 1 heterocycles. The van der Waals surface area contributed by atoms with E-state index in [0.29, 0.717) is 16.6 Å². The third-order valence-electron chi connectivity index (χ3n) is 5.39. The minimum Gasteiger partial charge on any atom is -0.493 e. The van der Waals surface area contributed by atoms with E-state index >= 15 is 0 Å². The van der Waals surface area contributed by atoms with E-state index in [4.69, 9.17) is 9.47 Å². The molecule has 200 valence electrons. The van der Waals surface area contributed by atoms with Crippen LogP contribution in [0.4, 0.5) is 29.3 Å². The fourth-order valence-electron chi connectivity index (χ4n) is 3.55. The van der Waals surface area contributed by atoms with Crippen molar-refractivity contribution in [1.29, 1.82) is 0 Å². The fourth-order valence-corrected chi connectivity index (χ4v) is 3.81. The van der Waals surface area contributed by atoms with Gasteiger partial charge in [-0.25, -0.2) is 9.69 Å². The lowest BCUT2D eigenvalue weighted by Gasteiger charge is -2.26. The molecular formula is C25H15BrF3N3O7. The highest BCUT2D eigenvalue weighted by Gasteiger charge is 2.37. The zero-order valence-electron chi connectivity index (χ0n) is 19.6. The molecule has 1 saturated heterocycles. The van der Waals surface area contributed by atoms with E-state index in [1.807, 2.05) is 0 Å². The van der Waals surface area contributed by atoms with Gasteiger partial charge in [0.2, 0.25) is 5.75 Å². The Morgan fingerprint density at radius 1 is 0.974 bits per heavy atom. The van der Waals surface area contributed by atoms with Crippen molar-refractivity contribution in [2.75, 3.05) is 12.0 Å². The molecule has 0 aromatic heterocycles. The Kier molecular flexibility index (Phi) is 7.40. The predicted molar refractivity (Wildman–Crippen MR) is 134 cm³/mol. The van der Waals surface area contributed by atoms with Gasteiger partial charge in [0, 0.05) is 10.5 Å². The predicted octanol–water partition coefficient (Wildman–Crippen LogP) is 5.84. The highest BCUT2D eigenvalue weighted by atomic mass is 79.9. The van der Waals surface area contributed by atoms with Crippen LogP contribution >= 0.6 is 15.9 Å². The molecule has 1 aliphatic rings. The van der Waals surface area contributed by atoms with Crippen LogP contribution in [-0.2, 0) is 15.8 Å². The maximum Gasteiger partial charge on any atom is 0.416 e. The number of ether oxygens (including phenoxy) is 2. The molecule has 1 aliphatic heterocycles. The van der Waals surface area contributed by atoms with Gasteiger partial charge in [0.05, 0.1) is 23.3 Å². The van der Waals surface area contributed by atoms with Gasteiger partial charge in [-0.2, -0.15) is 13.2 Å². The number of methoxy groups -OCH3 is 1. The van der Waals surface area contributed by atoms with Crippen LogP contribution in [0.1, 0.15) is 11.1 Å². The van der Waals surface area contributed by atoms with Gasteiger partial charge in [0.25, 0.3) is 11.8 Å². The molecule has 0 atom stereocenters. The number of carbonyl (C=O) groups excluding carboxylic acids is 3. The number of alkyl halides is 3. The highest BCUT2D eigenvalue weighted by molar-refractivity contribution is 9.10. The van der Waals surface area contributed by atoms with Crippen LogP contribution in [0.25, 0.3) is 6.08 Å². The summed E-state index contributed by atoms with van der Waals surface area (Å²) in [4.78, 5) is 49.0. The maximum absolute atomic E-state index is 13.1. The number of urea groups is 1. The van der Waals surface area contributed by atoms with E-state index in [0.717, 1.165) is 11.0 Å². The summed E-state index contributed by atoms with van der Waals surface area (Å²) in [6, 6.07) is 11.1. The molecule has 0 spiro atoms. The lowest BCUT2D eigenvalue weighted by atomic mass is 10.1. The van der Waals surface area contributed by atoms with Crippen LogP contribution < -0.4 is 19.7 Å². The molecule has 10 nitrogen and oxygen atoms in total. The normalized spacial score (nSPS) is 14.8. The van der Waals surface area contributed by atoms with E-state index in [1.54, 1.807) is 12.1 Å². The zero-order valence-corrected chi connectivity index (χ0v) is 21.2. The number of nitrogens with zero attached hydrogens (tertiary/aromatic N) is 2. The van der Waals surface area contributed by atoms with Gasteiger partial charge >= 0.3 is 17.9 Å². The Balaban J connectivity index is 1.66. The summed E-state index contributed by atoms with van der Waals surface area (Å²) in [6.07, 6.45) is -3.60. The van der Waals surface area contributed by atoms with E-state index in [-0.39, 0.29) is 28.3 Å². The number of nitro benzene ring substituents is 1. The molecule has 0 aliphatic carbocycles. The Morgan fingerprint density at radius 2 is 1.64 bits per heavy atom. The molecule has 4 amide bonds. The van der Waals surface area contributed by atoms with E-state index < -0.39 is 45.9 Å². The van der Waals surface area contributed by atoms with E-state index in [1.165, 1.54) is 43.5 Å². The number of amides is 4. The maximum atomic E-state index is 13.1. The standard InChI is InChI=1S/C25H15BrF3N3O7/c1-38-21-11-13(2-8-20(21)39-19-9-3-14(25(27,28)29)12-18(19)32(36)37)10-17-22(33)30-24(35)31(23(17)34)16-6-4-15(26)5-7-16/h2-12H,1H3,(H,30,33,35)/b17-10+. The number of carbonyl (C=O) groups is 3. The molecular weight excluding hydrogens is 591 g/mol. The van der Waals surface area contributed by atoms with Gasteiger partial charge in [-0.3, -0.25) is 25.0 Å². The van der Waals surface area contributed by atoms with Crippen molar-refractivity contribution in [3.8, 4) is 17.2 Å². The van der Waals surface area contributed by atoms with Crippen molar-refractivity contribution >= 4 is 51.2 Å². The van der Waals surface area contributed by atoms with Gasteiger partial charge in [-0.1, -0.05) is 22.0 Å². The number of hydrogen-bond acceptors (Lipinski definition) is 7. The van der Waals surface area contributed by atoms with Crippen molar-refractivity contribution in [2.24, 2.45) is 0 Å². The summed E-state index contributed by atoms with van der Waals surface area (Å²) in [5.41, 5.74) is -2.03. The average molecular weight is 606 g/mol. The molecule has 39 heavy (non-hydrogen) atoms. The summed E-state index contributed by atoms with van der Waals surface area (Å²) < 4.78 is 50.4. The third-order valence-corrected chi connectivity index (χ3v) is 5.92. The largest absolute Gasteiger partial charge is 0.493 e. The first-order valence-corrected chi connectivity index (χ1v) is 11.6. The van der Waals surface area contributed by atoms with E-state index in [9.17, 15) is 37.7 Å². The minimum absolute atomic E-state index is 0.0111. The van der Waals surface area contributed by atoms with Crippen LogP contribution in [0.2, 0.25) is 0 Å². The van der Waals surface area contributed by atoms with Crippen LogP contribution in [0, 0.1) is 10.1 Å². The van der Waals surface area contributed by atoms with Gasteiger partial charge < -0.3 is 9.47 Å². The van der Waals surface area contributed by atoms with Crippen LogP contribution in [0.3, 0.4) is 0 Å². The number of barbiturate groups is 1. The molecule has 4 rings (SSSR count). The second-order valence-electron chi connectivity index (χ2n) is 7.88. The lowest BCUT2D eigenvalue weighted by Crippen LogP contribution is -2.54. The number of hydrogen-bond donors (Lipinski definition) is 1. The van der Waals surface area contributed by atoms with Crippen molar-refractivity contribution in [1.82, 2.24) is 5.32 Å². The van der Waals surface area contributed by atoms with Gasteiger partial charge in [0.1, 0.15) is 5.57 Å². The van der Waals surface area contributed by atoms with Crippen molar-refractivity contribution in [2.45, 2.75) is 6.18 Å². The Labute approximate surface area is 225 Å². The quantitative estimate of drug-likeness (QED) is 0.162. The Hall–Kier alpha value is -4.72. The fraction of sp³-hybridized carbons (Fsp3) is 0.0800. The van der Waals surface area contributed by atoms with Crippen molar-refractivity contribution in [3.05, 3.63) is 92.0 Å².